The van der Waals surface area contributed by atoms with E-state index in [1.807, 2.05) is 54.6 Å². The third kappa shape index (κ3) is 3.24. The molecule has 0 aromatic heterocycles. The Bertz CT molecular complexity index is 639. The van der Waals surface area contributed by atoms with Crippen LogP contribution in [0, 0.1) is 11.3 Å². The molecular weight excluding hydrogens is 302 g/mol. The second kappa shape index (κ2) is 6.21. The van der Waals surface area contributed by atoms with Gasteiger partial charge in [0.1, 0.15) is 5.75 Å². The Labute approximate surface area is 121 Å². The average Bonchev–Trinajstić information content (AvgIpc) is 2.46. The van der Waals surface area contributed by atoms with E-state index in [0.717, 1.165) is 21.3 Å². The Balaban J connectivity index is 2.44. The molecule has 19 heavy (non-hydrogen) atoms. The Morgan fingerprint density at radius 3 is 2.47 bits per heavy atom. The third-order valence-corrected chi connectivity index (χ3v) is 3.24. The van der Waals surface area contributed by atoms with Crippen LogP contribution in [0.15, 0.2) is 53.0 Å². The first-order chi connectivity index (χ1) is 9.24. The zero-order valence-electron chi connectivity index (χ0n) is 10.4. The van der Waals surface area contributed by atoms with Gasteiger partial charge in [-0.2, -0.15) is 5.26 Å². The zero-order chi connectivity index (χ0) is 13.7. The van der Waals surface area contributed by atoms with E-state index in [4.69, 9.17) is 4.74 Å². The maximum absolute atomic E-state index is 9.30. The van der Waals surface area contributed by atoms with E-state index in [1.54, 1.807) is 7.11 Å². The molecule has 0 unspecified atom stereocenters. The highest BCUT2D eigenvalue weighted by molar-refractivity contribution is 9.10. The Hall–Kier alpha value is -2.05. The number of hydrogen-bond acceptors (Lipinski definition) is 2. The van der Waals surface area contributed by atoms with Crippen molar-refractivity contribution >= 4 is 27.6 Å². The van der Waals surface area contributed by atoms with Gasteiger partial charge in [0, 0.05) is 10.0 Å². The van der Waals surface area contributed by atoms with Crippen LogP contribution in [0.5, 0.6) is 5.75 Å². The highest BCUT2D eigenvalue weighted by atomic mass is 79.9. The second-order valence-electron chi connectivity index (χ2n) is 3.92. The average molecular weight is 314 g/mol. The zero-order valence-corrected chi connectivity index (χ0v) is 12.0. The van der Waals surface area contributed by atoms with Gasteiger partial charge in [0.2, 0.25) is 0 Å². The lowest BCUT2D eigenvalue weighted by molar-refractivity contribution is 0.414. The Kier molecular flexibility index (Phi) is 4.38. The van der Waals surface area contributed by atoms with E-state index >= 15 is 0 Å². The molecule has 0 aliphatic heterocycles. The second-order valence-corrected chi connectivity index (χ2v) is 4.83. The highest BCUT2D eigenvalue weighted by Crippen LogP contribution is 2.24. The first-order valence-electron chi connectivity index (χ1n) is 5.75. The molecule has 0 bridgehead atoms. The fourth-order valence-electron chi connectivity index (χ4n) is 1.75. The van der Waals surface area contributed by atoms with Gasteiger partial charge in [-0.1, -0.05) is 46.3 Å². The number of nitriles is 1. The standard InChI is InChI=1S/C16H12BrNO/c1-19-16-5-3-2-4-13(16)10-14(11-18)12-6-8-15(17)9-7-12/h2-10H,1H3/b14-10-. The molecule has 0 aliphatic rings. The van der Waals surface area contributed by atoms with Crippen LogP contribution in [0.4, 0.5) is 0 Å². The van der Waals surface area contributed by atoms with Crippen LogP contribution in [-0.4, -0.2) is 7.11 Å². The van der Waals surface area contributed by atoms with Crippen molar-refractivity contribution in [2.45, 2.75) is 0 Å². The first-order valence-corrected chi connectivity index (χ1v) is 6.54. The number of hydrogen-bond donors (Lipinski definition) is 0. The fraction of sp³-hybridized carbons (Fsp3) is 0.0625. The summed E-state index contributed by atoms with van der Waals surface area (Å²) in [6.45, 7) is 0. The van der Waals surface area contributed by atoms with Crippen LogP contribution in [0.2, 0.25) is 0 Å². The molecule has 0 amide bonds. The molecule has 94 valence electrons. The molecule has 0 saturated heterocycles. The lowest BCUT2D eigenvalue weighted by atomic mass is 10.0. The van der Waals surface area contributed by atoms with Gasteiger partial charge in [0.25, 0.3) is 0 Å². The van der Waals surface area contributed by atoms with Crippen LogP contribution < -0.4 is 4.74 Å². The SMILES string of the molecule is COc1ccccc1/C=C(/C#N)c1ccc(Br)cc1. The normalized spacial score (nSPS) is 10.9. The summed E-state index contributed by atoms with van der Waals surface area (Å²) in [5, 5.41) is 9.30. The van der Waals surface area contributed by atoms with Crippen molar-refractivity contribution in [2.75, 3.05) is 7.11 Å². The van der Waals surface area contributed by atoms with Crippen molar-refractivity contribution in [3.8, 4) is 11.8 Å². The summed E-state index contributed by atoms with van der Waals surface area (Å²) in [4.78, 5) is 0. The predicted octanol–water partition coefficient (Wildman–Crippen LogP) is 4.52. The fourth-order valence-corrected chi connectivity index (χ4v) is 2.02. The van der Waals surface area contributed by atoms with Crippen molar-refractivity contribution in [1.29, 1.82) is 5.26 Å². The molecule has 2 aromatic rings. The van der Waals surface area contributed by atoms with Crippen molar-refractivity contribution in [3.05, 3.63) is 64.1 Å². The quantitative estimate of drug-likeness (QED) is 0.616. The number of para-hydroxylation sites is 1. The van der Waals surface area contributed by atoms with E-state index in [-0.39, 0.29) is 0 Å². The summed E-state index contributed by atoms with van der Waals surface area (Å²) in [5.41, 5.74) is 2.39. The largest absolute Gasteiger partial charge is 0.496 e. The lowest BCUT2D eigenvalue weighted by Gasteiger charge is -2.05. The molecule has 0 atom stereocenters. The van der Waals surface area contributed by atoms with Gasteiger partial charge in [-0.3, -0.25) is 0 Å². The molecule has 2 rings (SSSR count). The van der Waals surface area contributed by atoms with Crippen LogP contribution in [-0.2, 0) is 0 Å². The summed E-state index contributed by atoms with van der Waals surface area (Å²) < 4.78 is 6.28. The van der Waals surface area contributed by atoms with Crippen LogP contribution in [0.1, 0.15) is 11.1 Å². The van der Waals surface area contributed by atoms with Gasteiger partial charge in [-0.15, -0.1) is 0 Å². The molecule has 0 aliphatic carbocycles. The molecule has 2 aromatic carbocycles. The number of nitrogens with zero attached hydrogens (tertiary/aromatic N) is 1. The lowest BCUT2D eigenvalue weighted by Crippen LogP contribution is -1.87. The van der Waals surface area contributed by atoms with Gasteiger partial charge >= 0.3 is 0 Å². The summed E-state index contributed by atoms with van der Waals surface area (Å²) >= 11 is 3.38. The van der Waals surface area contributed by atoms with Gasteiger partial charge in [0.05, 0.1) is 18.8 Å². The molecule has 3 heteroatoms. The van der Waals surface area contributed by atoms with E-state index in [2.05, 4.69) is 22.0 Å². The van der Waals surface area contributed by atoms with E-state index < -0.39 is 0 Å². The Morgan fingerprint density at radius 2 is 1.84 bits per heavy atom. The summed E-state index contributed by atoms with van der Waals surface area (Å²) in [6, 6.07) is 17.5. The minimum atomic E-state index is 0.608. The molecule has 2 nitrogen and oxygen atoms in total. The van der Waals surface area contributed by atoms with Crippen LogP contribution in [0.25, 0.3) is 11.6 Å². The number of rotatable bonds is 3. The molecule has 0 spiro atoms. The topological polar surface area (TPSA) is 33.0 Å². The molecule has 0 saturated carbocycles. The summed E-state index contributed by atoms with van der Waals surface area (Å²) in [7, 11) is 1.62. The molecule has 0 fully saturated rings. The minimum Gasteiger partial charge on any atom is -0.496 e. The number of halogens is 1. The van der Waals surface area contributed by atoms with Crippen molar-refractivity contribution < 1.29 is 4.74 Å². The summed E-state index contributed by atoms with van der Waals surface area (Å²) in [6.07, 6.45) is 1.84. The van der Waals surface area contributed by atoms with Gasteiger partial charge in [0.15, 0.2) is 0 Å². The number of benzene rings is 2. The highest BCUT2D eigenvalue weighted by Gasteiger charge is 2.04. The number of ether oxygens (including phenoxy) is 1. The molecular formula is C16H12BrNO. The maximum Gasteiger partial charge on any atom is 0.126 e. The van der Waals surface area contributed by atoms with E-state index in [9.17, 15) is 5.26 Å². The van der Waals surface area contributed by atoms with Gasteiger partial charge in [-0.05, 0) is 29.8 Å². The van der Waals surface area contributed by atoms with E-state index in [1.165, 1.54) is 0 Å². The third-order valence-electron chi connectivity index (χ3n) is 2.71. The first kappa shape index (κ1) is 13.4. The molecule has 0 radical (unpaired) electrons. The number of allylic oxidation sites excluding steroid dienone is 1. The van der Waals surface area contributed by atoms with Gasteiger partial charge in [-0.25, -0.2) is 0 Å². The van der Waals surface area contributed by atoms with E-state index in [0.29, 0.717) is 5.57 Å². The Morgan fingerprint density at radius 1 is 1.16 bits per heavy atom. The minimum absolute atomic E-state index is 0.608. The maximum atomic E-state index is 9.30. The van der Waals surface area contributed by atoms with Crippen LogP contribution in [0.3, 0.4) is 0 Å². The van der Waals surface area contributed by atoms with Crippen molar-refractivity contribution in [2.24, 2.45) is 0 Å². The predicted molar refractivity (Wildman–Crippen MR) is 80.6 cm³/mol. The summed E-state index contributed by atoms with van der Waals surface area (Å²) in [5.74, 6) is 0.757. The molecule has 0 heterocycles. The molecule has 0 N–H and O–H groups in total. The van der Waals surface area contributed by atoms with Crippen molar-refractivity contribution in [1.82, 2.24) is 0 Å². The monoisotopic (exact) mass is 313 g/mol. The smallest absolute Gasteiger partial charge is 0.126 e. The van der Waals surface area contributed by atoms with Gasteiger partial charge < -0.3 is 4.74 Å². The van der Waals surface area contributed by atoms with Crippen LogP contribution >= 0.6 is 15.9 Å². The number of methoxy groups -OCH3 is 1. The van der Waals surface area contributed by atoms with Crippen molar-refractivity contribution in [3.63, 3.8) is 0 Å².